The lowest BCUT2D eigenvalue weighted by molar-refractivity contribution is -0.120. The standard InChI is InChI=1S/C21H24F3N3O2/c1-12-5-8-17(16(23)9-12)25-19-14(6-7-15(22)18(19)24)20(28)27-10-21(29,11-27)13(2)26(3)4/h5-9,13,25,29H,10-11H2,1-4H3. The number of aliphatic hydroxyl groups is 1. The minimum atomic E-state index is -1.27. The zero-order valence-electron chi connectivity index (χ0n) is 16.8. The maximum absolute atomic E-state index is 14.5. The average Bonchev–Trinajstić information content (AvgIpc) is 2.63. The molecule has 1 aliphatic heterocycles. The molecule has 1 aliphatic rings. The number of hydrogen-bond donors (Lipinski definition) is 2. The van der Waals surface area contributed by atoms with Crippen LogP contribution in [0, 0.1) is 24.4 Å². The summed E-state index contributed by atoms with van der Waals surface area (Å²) in [6.07, 6.45) is 0. The first-order valence-corrected chi connectivity index (χ1v) is 9.23. The fourth-order valence-corrected chi connectivity index (χ4v) is 3.38. The number of aryl methyl sites for hydroxylation is 1. The van der Waals surface area contributed by atoms with Crippen LogP contribution in [0.3, 0.4) is 0 Å². The molecule has 0 aromatic heterocycles. The fourth-order valence-electron chi connectivity index (χ4n) is 3.38. The lowest BCUT2D eigenvalue weighted by Crippen LogP contribution is -2.70. The SMILES string of the molecule is Cc1ccc(Nc2c(C(=O)N3CC(O)(C(C)N(C)C)C3)ccc(F)c2F)c(F)c1. The molecule has 8 heteroatoms. The van der Waals surface area contributed by atoms with Crippen molar-refractivity contribution in [1.82, 2.24) is 9.80 Å². The van der Waals surface area contributed by atoms with Gasteiger partial charge in [0, 0.05) is 6.04 Å². The summed E-state index contributed by atoms with van der Waals surface area (Å²) in [6, 6.07) is 6.07. The molecule has 1 unspecified atom stereocenters. The van der Waals surface area contributed by atoms with E-state index in [9.17, 15) is 23.1 Å². The fraction of sp³-hybridized carbons (Fsp3) is 0.381. The van der Waals surface area contributed by atoms with Gasteiger partial charge in [-0.3, -0.25) is 4.79 Å². The number of rotatable bonds is 5. The topological polar surface area (TPSA) is 55.8 Å². The van der Waals surface area contributed by atoms with Crippen LogP contribution in [-0.2, 0) is 0 Å². The number of benzene rings is 2. The van der Waals surface area contributed by atoms with Gasteiger partial charge in [-0.05, 0) is 57.8 Å². The average molecular weight is 407 g/mol. The predicted molar refractivity (Wildman–Crippen MR) is 105 cm³/mol. The Bertz CT molecular complexity index is 943. The molecule has 29 heavy (non-hydrogen) atoms. The van der Waals surface area contributed by atoms with Gasteiger partial charge in [0.25, 0.3) is 5.91 Å². The molecule has 2 N–H and O–H groups in total. The largest absolute Gasteiger partial charge is 0.385 e. The molecular weight excluding hydrogens is 383 g/mol. The van der Waals surface area contributed by atoms with Crippen LogP contribution in [0.2, 0.25) is 0 Å². The summed E-state index contributed by atoms with van der Waals surface area (Å²) in [7, 11) is 3.64. The van der Waals surface area contributed by atoms with E-state index in [-0.39, 0.29) is 30.4 Å². The molecule has 3 rings (SSSR count). The van der Waals surface area contributed by atoms with Crippen molar-refractivity contribution in [3.8, 4) is 0 Å². The van der Waals surface area contributed by atoms with Crippen molar-refractivity contribution >= 4 is 17.3 Å². The number of likely N-dealkylation sites (N-methyl/N-ethyl adjacent to an activating group) is 1. The van der Waals surface area contributed by atoms with Crippen molar-refractivity contribution in [1.29, 1.82) is 0 Å². The summed E-state index contributed by atoms with van der Waals surface area (Å²) in [4.78, 5) is 16.1. The van der Waals surface area contributed by atoms with Crippen LogP contribution in [0.5, 0.6) is 0 Å². The molecule has 0 bridgehead atoms. The minimum absolute atomic E-state index is 0.0580. The van der Waals surface area contributed by atoms with Crippen LogP contribution >= 0.6 is 0 Å². The molecule has 0 aliphatic carbocycles. The van der Waals surface area contributed by atoms with E-state index in [2.05, 4.69) is 5.32 Å². The third-order valence-corrected chi connectivity index (χ3v) is 5.48. The quantitative estimate of drug-likeness (QED) is 0.799. The number of halogens is 3. The molecular formula is C21H24F3N3O2. The van der Waals surface area contributed by atoms with Gasteiger partial charge in [0.1, 0.15) is 11.4 Å². The number of β-amino-alcohol motifs (C(OH)–C–C–N with tert-alkyl or cyclic N) is 1. The summed E-state index contributed by atoms with van der Waals surface area (Å²) in [5, 5.41) is 13.2. The number of hydrogen-bond acceptors (Lipinski definition) is 4. The molecule has 1 atom stereocenters. The third kappa shape index (κ3) is 3.95. The zero-order chi connectivity index (χ0) is 21.5. The van der Waals surface area contributed by atoms with E-state index in [1.165, 1.54) is 17.0 Å². The second kappa shape index (κ2) is 7.68. The van der Waals surface area contributed by atoms with Gasteiger partial charge in [-0.1, -0.05) is 6.07 Å². The highest BCUT2D eigenvalue weighted by molar-refractivity contribution is 6.01. The minimum Gasteiger partial charge on any atom is -0.385 e. The first-order chi connectivity index (χ1) is 13.5. The Kier molecular flexibility index (Phi) is 5.60. The number of amides is 1. The first-order valence-electron chi connectivity index (χ1n) is 9.23. The lowest BCUT2D eigenvalue weighted by atomic mass is 9.85. The Hall–Kier alpha value is -2.58. The number of nitrogens with one attached hydrogen (secondary N) is 1. The van der Waals surface area contributed by atoms with Crippen molar-refractivity contribution in [2.75, 3.05) is 32.5 Å². The molecule has 2 aromatic rings. The molecule has 1 heterocycles. The van der Waals surface area contributed by atoms with Crippen LogP contribution in [0.15, 0.2) is 30.3 Å². The number of likely N-dealkylation sites (tertiary alicyclic amines) is 1. The maximum atomic E-state index is 14.5. The Labute approximate surface area is 167 Å². The molecule has 0 radical (unpaired) electrons. The highest BCUT2D eigenvalue weighted by Crippen LogP contribution is 2.33. The Morgan fingerprint density at radius 3 is 2.41 bits per heavy atom. The number of nitrogens with zero attached hydrogens (tertiary/aromatic N) is 2. The Morgan fingerprint density at radius 1 is 1.17 bits per heavy atom. The van der Waals surface area contributed by atoms with E-state index in [1.54, 1.807) is 13.0 Å². The zero-order valence-corrected chi connectivity index (χ0v) is 16.8. The Morgan fingerprint density at radius 2 is 1.83 bits per heavy atom. The molecule has 5 nitrogen and oxygen atoms in total. The van der Waals surface area contributed by atoms with Gasteiger partial charge in [-0.2, -0.15) is 0 Å². The van der Waals surface area contributed by atoms with E-state index >= 15 is 0 Å². The molecule has 1 fully saturated rings. The van der Waals surface area contributed by atoms with E-state index < -0.39 is 34.6 Å². The van der Waals surface area contributed by atoms with E-state index in [0.717, 1.165) is 12.1 Å². The van der Waals surface area contributed by atoms with Crippen LogP contribution in [0.25, 0.3) is 0 Å². The summed E-state index contributed by atoms with van der Waals surface area (Å²) >= 11 is 0. The molecule has 1 saturated heterocycles. The third-order valence-electron chi connectivity index (χ3n) is 5.48. The van der Waals surface area contributed by atoms with Crippen molar-refractivity contribution in [2.45, 2.75) is 25.5 Å². The van der Waals surface area contributed by atoms with Gasteiger partial charge in [-0.15, -0.1) is 0 Å². The normalized spacial score (nSPS) is 16.5. The number of anilines is 2. The number of carbonyl (C=O) groups excluding carboxylic acids is 1. The summed E-state index contributed by atoms with van der Waals surface area (Å²) in [6.45, 7) is 3.65. The summed E-state index contributed by atoms with van der Waals surface area (Å²) in [5.41, 5.74) is -1.07. The molecule has 156 valence electrons. The van der Waals surface area contributed by atoms with Crippen LogP contribution < -0.4 is 5.32 Å². The van der Waals surface area contributed by atoms with Crippen LogP contribution in [0.1, 0.15) is 22.8 Å². The molecule has 0 spiro atoms. The maximum Gasteiger partial charge on any atom is 0.256 e. The molecule has 1 amide bonds. The van der Waals surface area contributed by atoms with Gasteiger partial charge in [0.2, 0.25) is 0 Å². The van der Waals surface area contributed by atoms with Crippen molar-refractivity contribution in [3.63, 3.8) is 0 Å². The Balaban J connectivity index is 1.89. The highest BCUT2D eigenvalue weighted by atomic mass is 19.2. The van der Waals surface area contributed by atoms with Crippen molar-refractivity contribution in [2.24, 2.45) is 0 Å². The summed E-state index contributed by atoms with van der Waals surface area (Å²) in [5.74, 6) is -3.65. The van der Waals surface area contributed by atoms with Crippen LogP contribution in [0.4, 0.5) is 24.5 Å². The highest BCUT2D eigenvalue weighted by Gasteiger charge is 2.48. The van der Waals surface area contributed by atoms with Crippen molar-refractivity contribution in [3.05, 3.63) is 58.9 Å². The first kappa shape index (κ1) is 21.1. The monoisotopic (exact) mass is 407 g/mol. The van der Waals surface area contributed by atoms with E-state index in [4.69, 9.17) is 0 Å². The predicted octanol–water partition coefficient (Wildman–Crippen LogP) is 3.29. The molecule has 0 saturated carbocycles. The molecule has 2 aromatic carbocycles. The lowest BCUT2D eigenvalue weighted by Gasteiger charge is -2.51. The van der Waals surface area contributed by atoms with E-state index in [0.29, 0.717) is 5.56 Å². The summed E-state index contributed by atoms with van der Waals surface area (Å²) < 4.78 is 42.5. The van der Waals surface area contributed by atoms with Gasteiger partial charge in [0.15, 0.2) is 11.6 Å². The van der Waals surface area contributed by atoms with Gasteiger partial charge in [0.05, 0.1) is 30.0 Å². The second-order valence-electron chi connectivity index (χ2n) is 7.80. The van der Waals surface area contributed by atoms with Crippen molar-refractivity contribution < 1.29 is 23.1 Å². The van der Waals surface area contributed by atoms with E-state index in [1.807, 2.05) is 25.9 Å². The van der Waals surface area contributed by atoms with Gasteiger partial charge in [-0.25, -0.2) is 13.2 Å². The van der Waals surface area contributed by atoms with Gasteiger partial charge < -0.3 is 20.2 Å². The number of carbonyl (C=O) groups is 1. The van der Waals surface area contributed by atoms with Crippen LogP contribution in [-0.4, -0.2) is 59.6 Å². The smallest absolute Gasteiger partial charge is 0.256 e. The van der Waals surface area contributed by atoms with Gasteiger partial charge >= 0.3 is 0 Å². The second-order valence-corrected chi connectivity index (χ2v) is 7.80.